The Bertz CT molecular complexity index is 209. The molecule has 3 nitrogen and oxygen atoms in total. The normalized spacial score (nSPS) is 25.0. The van der Waals surface area contributed by atoms with Crippen LogP contribution in [0, 0.1) is 5.92 Å². The number of nitrogens with zero attached hydrogens (tertiary/aromatic N) is 1. The number of aliphatic hydroxyl groups is 1. The molecular weight excluding hydrogens is 224 g/mol. The van der Waals surface area contributed by atoms with Crippen LogP contribution in [0.15, 0.2) is 0 Å². The van der Waals surface area contributed by atoms with E-state index in [1.54, 1.807) is 0 Å². The summed E-state index contributed by atoms with van der Waals surface area (Å²) in [5.74, 6) is 0.776. The van der Waals surface area contributed by atoms with Gasteiger partial charge in [0.2, 0.25) is 0 Å². The van der Waals surface area contributed by atoms with Crippen molar-refractivity contribution in [2.75, 3.05) is 26.2 Å². The van der Waals surface area contributed by atoms with Crippen LogP contribution in [0.3, 0.4) is 0 Å². The predicted molar refractivity (Wildman–Crippen MR) is 77.8 cm³/mol. The van der Waals surface area contributed by atoms with Gasteiger partial charge in [0.1, 0.15) is 0 Å². The van der Waals surface area contributed by atoms with Crippen LogP contribution in [0.5, 0.6) is 0 Å². The lowest BCUT2D eigenvalue weighted by atomic mass is 9.90. The van der Waals surface area contributed by atoms with Crippen molar-refractivity contribution in [3.8, 4) is 0 Å². The van der Waals surface area contributed by atoms with E-state index in [1.807, 2.05) is 0 Å². The molecule has 18 heavy (non-hydrogen) atoms. The first-order valence-corrected chi connectivity index (χ1v) is 7.80. The highest BCUT2D eigenvalue weighted by atomic mass is 16.3. The molecule has 1 rings (SSSR count). The van der Waals surface area contributed by atoms with Crippen molar-refractivity contribution >= 4 is 0 Å². The summed E-state index contributed by atoms with van der Waals surface area (Å²) in [7, 11) is 0. The molecule has 0 aliphatic carbocycles. The first-order valence-electron chi connectivity index (χ1n) is 7.80. The number of rotatable bonds is 8. The van der Waals surface area contributed by atoms with Gasteiger partial charge in [0, 0.05) is 25.2 Å². The van der Waals surface area contributed by atoms with Crippen LogP contribution >= 0.6 is 0 Å². The van der Waals surface area contributed by atoms with E-state index in [2.05, 4.69) is 31.0 Å². The van der Waals surface area contributed by atoms with Crippen molar-refractivity contribution in [1.82, 2.24) is 10.2 Å². The molecule has 1 fully saturated rings. The second-order valence-corrected chi connectivity index (χ2v) is 5.78. The minimum Gasteiger partial charge on any atom is -0.396 e. The molecule has 0 amide bonds. The summed E-state index contributed by atoms with van der Waals surface area (Å²) < 4.78 is 0. The molecule has 1 aliphatic heterocycles. The van der Waals surface area contributed by atoms with Gasteiger partial charge >= 0.3 is 0 Å². The maximum Gasteiger partial charge on any atom is 0.0445 e. The van der Waals surface area contributed by atoms with E-state index in [-0.39, 0.29) is 0 Å². The Hall–Kier alpha value is -0.120. The van der Waals surface area contributed by atoms with E-state index in [1.165, 1.54) is 38.9 Å². The van der Waals surface area contributed by atoms with Crippen molar-refractivity contribution in [1.29, 1.82) is 0 Å². The zero-order valence-electron chi connectivity index (χ0n) is 12.5. The molecule has 0 bridgehead atoms. The molecule has 0 spiro atoms. The van der Waals surface area contributed by atoms with Crippen LogP contribution in [0.2, 0.25) is 0 Å². The Morgan fingerprint density at radius 2 is 2.17 bits per heavy atom. The molecule has 0 aromatic heterocycles. The minimum absolute atomic E-state index is 0.296. The third-order valence-electron chi connectivity index (χ3n) is 4.26. The molecular formula is C15H32N2O. The summed E-state index contributed by atoms with van der Waals surface area (Å²) in [5, 5.41) is 12.8. The fraction of sp³-hybridized carbons (Fsp3) is 1.00. The fourth-order valence-corrected chi connectivity index (χ4v) is 3.09. The number of aliphatic hydroxyl groups excluding tert-OH is 1. The van der Waals surface area contributed by atoms with Gasteiger partial charge in [-0.15, -0.1) is 0 Å². The molecule has 1 heterocycles. The van der Waals surface area contributed by atoms with E-state index in [0.717, 1.165) is 18.8 Å². The zero-order valence-corrected chi connectivity index (χ0v) is 12.5. The van der Waals surface area contributed by atoms with Gasteiger partial charge in [0.25, 0.3) is 0 Å². The molecule has 0 aromatic rings. The number of likely N-dealkylation sites (tertiary alicyclic amines) is 1. The third-order valence-corrected chi connectivity index (χ3v) is 4.26. The van der Waals surface area contributed by atoms with Crippen molar-refractivity contribution in [3.63, 3.8) is 0 Å². The van der Waals surface area contributed by atoms with Gasteiger partial charge in [-0.3, -0.25) is 0 Å². The lowest BCUT2D eigenvalue weighted by Gasteiger charge is -2.37. The second-order valence-electron chi connectivity index (χ2n) is 5.78. The zero-order chi connectivity index (χ0) is 13.4. The molecule has 1 saturated heterocycles. The van der Waals surface area contributed by atoms with Crippen LogP contribution in [0.4, 0.5) is 0 Å². The topological polar surface area (TPSA) is 35.5 Å². The summed E-state index contributed by atoms with van der Waals surface area (Å²) in [6.45, 7) is 10.9. The molecule has 108 valence electrons. The molecule has 3 unspecified atom stereocenters. The highest BCUT2D eigenvalue weighted by Gasteiger charge is 2.25. The van der Waals surface area contributed by atoms with Crippen molar-refractivity contribution in [2.45, 2.75) is 65.0 Å². The fourth-order valence-electron chi connectivity index (χ4n) is 3.09. The van der Waals surface area contributed by atoms with Crippen LogP contribution in [-0.2, 0) is 0 Å². The van der Waals surface area contributed by atoms with E-state index < -0.39 is 0 Å². The molecule has 1 aliphatic rings. The smallest absolute Gasteiger partial charge is 0.0445 e. The first kappa shape index (κ1) is 15.9. The molecule has 2 N–H and O–H groups in total. The Balaban J connectivity index is 2.37. The average Bonchev–Trinajstić information content (AvgIpc) is 2.39. The average molecular weight is 256 g/mol. The van der Waals surface area contributed by atoms with Gasteiger partial charge in [-0.25, -0.2) is 0 Å². The quantitative estimate of drug-likeness (QED) is 0.699. The Morgan fingerprint density at radius 3 is 2.78 bits per heavy atom. The number of nitrogens with one attached hydrogen (secondary N) is 1. The number of hydrogen-bond donors (Lipinski definition) is 2. The lowest BCUT2D eigenvalue weighted by Crippen LogP contribution is -2.47. The summed E-state index contributed by atoms with van der Waals surface area (Å²) in [5.41, 5.74) is 0. The second kappa shape index (κ2) is 8.89. The molecule has 0 saturated carbocycles. The summed E-state index contributed by atoms with van der Waals surface area (Å²) in [4.78, 5) is 2.61. The number of piperidine rings is 1. The van der Waals surface area contributed by atoms with Gasteiger partial charge in [0.15, 0.2) is 0 Å². The van der Waals surface area contributed by atoms with Crippen molar-refractivity contribution < 1.29 is 5.11 Å². The van der Waals surface area contributed by atoms with E-state index in [0.29, 0.717) is 18.7 Å². The maximum atomic E-state index is 9.05. The highest BCUT2D eigenvalue weighted by molar-refractivity contribution is 4.82. The van der Waals surface area contributed by atoms with Crippen LogP contribution in [-0.4, -0.2) is 48.3 Å². The van der Waals surface area contributed by atoms with Gasteiger partial charge in [-0.05, 0) is 58.0 Å². The van der Waals surface area contributed by atoms with Gasteiger partial charge in [-0.1, -0.05) is 13.8 Å². The lowest BCUT2D eigenvalue weighted by molar-refractivity contribution is 0.143. The highest BCUT2D eigenvalue weighted by Crippen LogP contribution is 2.20. The van der Waals surface area contributed by atoms with Crippen molar-refractivity contribution in [2.24, 2.45) is 5.92 Å². The predicted octanol–water partition coefficient (Wildman–Crippen LogP) is 2.25. The minimum atomic E-state index is 0.296. The van der Waals surface area contributed by atoms with Crippen molar-refractivity contribution in [3.05, 3.63) is 0 Å². The van der Waals surface area contributed by atoms with Crippen LogP contribution in [0.1, 0.15) is 52.9 Å². The molecule has 0 aromatic carbocycles. The monoisotopic (exact) mass is 256 g/mol. The molecule has 3 atom stereocenters. The Kier molecular flexibility index (Phi) is 7.87. The molecule has 0 radical (unpaired) electrons. The first-order chi connectivity index (χ1) is 8.71. The third kappa shape index (κ3) is 5.25. The summed E-state index contributed by atoms with van der Waals surface area (Å²) >= 11 is 0. The number of hydrogen-bond acceptors (Lipinski definition) is 3. The maximum absolute atomic E-state index is 9.05. The SMILES string of the molecule is CCCN1CCCC(C(C)NC(CC)CCO)C1. The van der Waals surface area contributed by atoms with E-state index in [9.17, 15) is 0 Å². The van der Waals surface area contributed by atoms with Gasteiger partial charge in [-0.2, -0.15) is 0 Å². The summed E-state index contributed by atoms with van der Waals surface area (Å²) in [6, 6.07) is 1.05. The van der Waals surface area contributed by atoms with Crippen LogP contribution in [0.25, 0.3) is 0 Å². The van der Waals surface area contributed by atoms with Gasteiger partial charge in [0.05, 0.1) is 0 Å². The standard InChI is InChI=1S/C15H32N2O/c1-4-9-17-10-6-7-14(12-17)13(3)16-15(5-2)8-11-18/h13-16,18H,4-12H2,1-3H3. The van der Waals surface area contributed by atoms with Crippen LogP contribution < -0.4 is 5.32 Å². The Morgan fingerprint density at radius 1 is 1.39 bits per heavy atom. The largest absolute Gasteiger partial charge is 0.396 e. The Labute approximate surface area is 113 Å². The van der Waals surface area contributed by atoms with E-state index >= 15 is 0 Å². The summed E-state index contributed by atoms with van der Waals surface area (Å²) in [6.07, 6.45) is 5.94. The van der Waals surface area contributed by atoms with Gasteiger partial charge < -0.3 is 15.3 Å². The molecule has 3 heteroatoms. The van der Waals surface area contributed by atoms with E-state index in [4.69, 9.17) is 5.11 Å².